The van der Waals surface area contributed by atoms with Crippen LogP contribution in [0.4, 0.5) is 0 Å². The molecule has 0 aliphatic rings. The maximum Gasteiger partial charge on any atom is 0.325 e. The normalized spacial score (nSPS) is 14.7. The highest BCUT2D eigenvalue weighted by molar-refractivity contribution is 7.51. The molecule has 0 heterocycles. The van der Waals surface area contributed by atoms with Crippen molar-refractivity contribution in [1.82, 2.24) is 0 Å². The molecule has 0 aliphatic carbocycles. The monoisotopic (exact) mass is 268 g/mol. The first-order chi connectivity index (χ1) is 6.34. The van der Waals surface area contributed by atoms with Crippen LogP contribution < -0.4 is 0 Å². The third-order valence-corrected chi connectivity index (χ3v) is 13.6. The van der Waals surface area contributed by atoms with Crippen LogP contribution in [0.15, 0.2) is 0 Å². The lowest BCUT2D eigenvalue weighted by Gasteiger charge is -2.38. The van der Waals surface area contributed by atoms with E-state index in [1.54, 1.807) is 0 Å². The maximum atomic E-state index is 10.9. The van der Waals surface area contributed by atoms with Gasteiger partial charge in [0.15, 0.2) is 0 Å². The number of hydrogen-bond donors (Lipinski definition) is 2. The fraction of sp³-hybridized carbons (Fsp3) is 1.00. The fourth-order valence-electron chi connectivity index (χ4n) is 2.46. The molecule has 15 heavy (non-hydrogen) atoms. The van der Waals surface area contributed by atoms with E-state index in [0.717, 1.165) is 0 Å². The molecule has 0 saturated heterocycles. The third kappa shape index (κ3) is 6.69. The van der Waals surface area contributed by atoms with Gasteiger partial charge in [0.05, 0.1) is 0 Å². The molecule has 6 heteroatoms. The van der Waals surface area contributed by atoms with Crippen molar-refractivity contribution in [3.8, 4) is 0 Å². The molecular formula is C9H25O3PSi2. The van der Waals surface area contributed by atoms with E-state index in [1.807, 2.05) is 0 Å². The molecule has 0 unspecified atom stereocenters. The molecule has 0 spiro atoms. The van der Waals surface area contributed by atoms with Crippen molar-refractivity contribution < 1.29 is 14.4 Å². The standard InChI is InChI=1S/C9H25O3PSi2/c1-14(2,3)9(15(4,5)6)7-8-13(10,11)12/h9H,7-8H2,1-6H3,(H2,10,11,12). The van der Waals surface area contributed by atoms with Crippen molar-refractivity contribution in [1.29, 1.82) is 0 Å². The largest absolute Gasteiger partial charge is 0.325 e. The van der Waals surface area contributed by atoms with E-state index in [4.69, 9.17) is 9.79 Å². The molecule has 0 radical (unpaired) electrons. The zero-order chi connectivity index (χ0) is 12.5. The molecule has 0 aromatic rings. The van der Waals surface area contributed by atoms with Gasteiger partial charge in [0.25, 0.3) is 0 Å². The predicted molar refractivity (Wildman–Crippen MR) is 72.0 cm³/mol. The van der Waals surface area contributed by atoms with Gasteiger partial charge in [0, 0.05) is 22.3 Å². The Morgan fingerprint density at radius 1 is 1.00 bits per heavy atom. The highest BCUT2D eigenvalue weighted by Gasteiger charge is 2.38. The summed E-state index contributed by atoms with van der Waals surface area (Å²) >= 11 is 0. The van der Waals surface area contributed by atoms with Gasteiger partial charge in [-0.15, -0.1) is 0 Å². The Kier molecular flexibility index (Phi) is 5.03. The van der Waals surface area contributed by atoms with E-state index >= 15 is 0 Å². The minimum atomic E-state index is -3.81. The van der Waals surface area contributed by atoms with Gasteiger partial charge in [-0.25, -0.2) is 0 Å². The second kappa shape index (κ2) is 4.84. The van der Waals surface area contributed by atoms with Gasteiger partial charge in [-0.3, -0.25) is 4.57 Å². The first kappa shape index (κ1) is 15.6. The Bertz CT molecular complexity index is 235. The lowest BCUT2D eigenvalue weighted by molar-refractivity contribution is 0.372. The predicted octanol–water partition coefficient (Wildman–Crippen LogP) is 3.14. The summed E-state index contributed by atoms with van der Waals surface area (Å²) in [6.07, 6.45) is 0.766. The first-order valence-corrected chi connectivity index (χ1v) is 14.3. The van der Waals surface area contributed by atoms with E-state index in [9.17, 15) is 4.57 Å². The Morgan fingerprint density at radius 3 is 1.53 bits per heavy atom. The van der Waals surface area contributed by atoms with Gasteiger partial charge < -0.3 is 9.79 Å². The zero-order valence-electron chi connectivity index (χ0n) is 10.7. The maximum absolute atomic E-state index is 10.9. The lowest BCUT2D eigenvalue weighted by Crippen LogP contribution is -2.44. The van der Waals surface area contributed by atoms with Crippen LogP contribution in [-0.4, -0.2) is 32.1 Å². The van der Waals surface area contributed by atoms with Crippen molar-refractivity contribution in [3.05, 3.63) is 0 Å². The molecule has 0 saturated carbocycles. The Labute approximate surface area is 95.5 Å². The molecule has 3 nitrogen and oxygen atoms in total. The minimum Gasteiger partial charge on any atom is -0.324 e. The second-order valence-electron chi connectivity index (χ2n) is 6.46. The van der Waals surface area contributed by atoms with Crippen molar-refractivity contribution in [2.75, 3.05) is 6.16 Å². The smallest absolute Gasteiger partial charge is 0.324 e. The second-order valence-corrected chi connectivity index (χ2v) is 19.7. The van der Waals surface area contributed by atoms with Crippen LogP contribution in [-0.2, 0) is 4.57 Å². The van der Waals surface area contributed by atoms with Crippen LogP contribution in [0, 0.1) is 0 Å². The van der Waals surface area contributed by atoms with E-state index in [-0.39, 0.29) is 6.16 Å². The molecule has 92 valence electrons. The van der Waals surface area contributed by atoms with Gasteiger partial charge in [0.2, 0.25) is 0 Å². The van der Waals surface area contributed by atoms with E-state index in [0.29, 0.717) is 11.6 Å². The summed E-state index contributed by atoms with van der Waals surface area (Å²) in [6, 6.07) is 0. The highest BCUT2D eigenvalue weighted by atomic mass is 31.2. The zero-order valence-corrected chi connectivity index (χ0v) is 13.6. The average molecular weight is 268 g/mol. The van der Waals surface area contributed by atoms with Gasteiger partial charge in [-0.2, -0.15) is 0 Å². The first-order valence-electron chi connectivity index (χ1n) is 5.38. The van der Waals surface area contributed by atoms with Crippen molar-refractivity contribution >= 4 is 23.7 Å². The third-order valence-electron chi connectivity index (χ3n) is 2.80. The summed E-state index contributed by atoms with van der Waals surface area (Å²) in [5.74, 6) is 0. The van der Waals surface area contributed by atoms with Gasteiger partial charge >= 0.3 is 7.60 Å². The van der Waals surface area contributed by atoms with Gasteiger partial charge in [-0.1, -0.05) is 39.3 Å². The van der Waals surface area contributed by atoms with Crippen LogP contribution in [0.2, 0.25) is 44.4 Å². The Morgan fingerprint density at radius 2 is 1.33 bits per heavy atom. The average Bonchev–Trinajstić information content (AvgIpc) is 1.75. The molecule has 0 bridgehead atoms. The quantitative estimate of drug-likeness (QED) is 0.595. The Balaban J connectivity index is 4.64. The van der Waals surface area contributed by atoms with Crippen molar-refractivity contribution in [2.45, 2.75) is 50.9 Å². The minimum absolute atomic E-state index is 0.0617. The molecular weight excluding hydrogens is 243 g/mol. The summed E-state index contributed by atoms with van der Waals surface area (Å²) in [5.41, 5.74) is 0. The SMILES string of the molecule is C[Si](C)(C)C(CCP(=O)(O)O)[Si](C)(C)C. The summed E-state index contributed by atoms with van der Waals surface area (Å²) in [7, 11) is -6.42. The summed E-state index contributed by atoms with van der Waals surface area (Å²) in [4.78, 5) is 17.9. The van der Waals surface area contributed by atoms with Crippen LogP contribution in [0.3, 0.4) is 0 Å². The summed E-state index contributed by atoms with van der Waals surface area (Å²) in [5, 5.41) is 0.581. The number of hydrogen-bond acceptors (Lipinski definition) is 1. The topological polar surface area (TPSA) is 57.5 Å². The fourth-order valence-corrected chi connectivity index (χ4v) is 16.0. The molecule has 2 N–H and O–H groups in total. The van der Waals surface area contributed by atoms with Crippen LogP contribution >= 0.6 is 7.60 Å². The van der Waals surface area contributed by atoms with Gasteiger partial charge in [0.1, 0.15) is 0 Å². The van der Waals surface area contributed by atoms with Crippen LogP contribution in [0.25, 0.3) is 0 Å². The molecule has 0 fully saturated rings. The summed E-state index contributed by atoms with van der Waals surface area (Å²) < 4.78 is 10.9. The lowest BCUT2D eigenvalue weighted by atomic mass is 10.6. The van der Waals surface area contributed by atoms with Gasteiger partial charge in [-0.05, 0) is 11.6 Å². The molecule has 0 aliphatic heterocycles. The van der Waals surface area contributed by atoms with Crippen molar-refractivity contribution in [2.24, 2.45) is 0 Å². The van der Waals surface area contributed by atoms with Crippen molar-refractivity contribution in [3.63, 3.8) is 0 Å². The molecule has 0 amide bonds. The highest BCUT2D eigenvalue weighted by Crippen LogP contribution is 2.42. The number of rotatable bonds is 5. The molecule has 0 rings (SSSR count). The van der Waals surface area contributed by atoms with Crippen LogP contribution in [0.1, 0.15) is 6.42 Å². The van der Waals surface area contributed by atoms with E-state index in [2.05, 4.69) is 39.3 Å². The van der Waals surface area contributed by atoms with E-state index in [1.165, 1.54) is 0 Å². The van der Waals surface area contributed by atoms with Crippen LogP contribution in [0.5, 0.6) is 0 Å². The van der Waals surface area contributed by atoms with E-state index < -0.39 is 23.7 Å². The molecule has 0 aromatic heterocycles. The molecule has 0 aromatic carbocycles. The molecule has 0 atom stereocenters. The Hall–Kier alpha value is 0.584. The summed E-state index contributed by atoms with van der Waals surface area (Å²) in [6.45, 7) is 13.8.